The molecule has 144 valence electrons. The zero-order valence-electron chi connectivity index (χ0n) is 17.1. The summed E-state index contributed by atoms with van der Waals surface area (Å²) in [7, 11) is 0. The summed E-state index contributed by atoms with van der Waals surface area (Å²) in [6.07, 6.45) is 6.67. The lowest BCUT2D eigenvalue weighted by molar-refractivity contribution is -0.157. The minimum absolute atomic E-state index is 0.0632. The SMILES string of the molecule is CCCCC(C)(C(=O)O)C1(C(=O)c2c(C)cc(C)cc2C)CCCCC1. The molecule has 26 heavy (non-hydrogen) atoms. The van der Waals surface area contributed by atoms with E-state index in [2.05, 4.69) is 6.92 Å². The predicted octanol–water partition coefficient (Wildman–Crippen LogP) is 6.03. The number of Topliss-reactive ketones (excluding diaryl/α,β-unsaturated/α-hetero) is 1. The Hall–Kier alpha value is -1.64. The van der Waals surface area contributed by atoms with Crippen LogP contribution in [0.1, 0.15) is 92.3 Å². The van der Waals surface area contributed by atoms with Crippen LogP contribution in [0.5, 0.6) is 0 Å². The van der Waals surface area contributed by atoms with Crippen LogP contribution in [-0.2, 0) is 4.79 Å². The Morgan fingerprint density at radius 3 is 2.08 bits per heavy atom. The van der Waals surface area contributed by atoms with E-state index in [-0.39, 0.29) is 5.78 Å². The highest BCUT2D eigenvalue weighted by molar-refractivity contribution is 6.05. The number of aryl methyl sites for hydroxylation is 3. The summed E-state index contributed by atoms with van der Waals surface area (Å²) < 4.78 is 0. The molecule has 0 saturated heterocycles. The average molecular weight is 359 g/mol. The number of hydrogen-bond acceptors (Lipinski definition) is 2. The molecule has 0 aromatic heterocycles. The molecule has 0 aliphatic heterocycles. The molecule has 1 aliphatic rings. The van der Waals surface area contributed by atoms with Crippen molar-refractivity contribution in [3.05, 3.63) is 34.4 Å². The summed E-state index contributed by atoms with van der Waals surface area (Å²) in [5, 5.41) is 10.2. The minimum Gasteiger partial charge on any atom is -0.481 e. The minimum atomic E-state index is -1.01. The first-order chi connectivity index (χ1) is 12.2. The maximum atomic E-state index is 13.9. The molecular weight excluding hydrogens is 324 g/mol. The van der Waals surface area contributed by atoms with Gasteiger partial charge in [-0.2, -0.15) is 0 Å². The fourth-order valence-electron chi connectivity index (χ4n) is 5.04. The van der Waals surface area contributed by atoms with Crippen molar-refractivity contribution in [1.82, 2.24) is 0 Å². The molecule has 3 heteroatoms. The maximum absolute atomic E-state index is 13.9. The highest BCUT2D eigenvalue weighted by Gasteiger charge is 2.57. The van der Waals surface area contributed by atoms with Crippen LogP contribution in [-0.4, -0.2) is 16.9 Å². The van der Waals surface area contributed by atoms with Crippen LogP contribution >= 0.6 is 0 Å². The van der Waals surface area contributed by atoms with Crippen molar-refractivity contribution in [1.29, 1.82) is 0 Å². The number of carbonyl (C=O) groups is 2. The molecule has 1 unspecified atom stereocenters. The van der Waals surface area contributed by atoms with Crippen LogP contribution in [0.15, 0.2) is 12.1 Å². The molecule has 0 bridgehead atoms. The van der Waals surface area contributed by atoms with E-state index in [0.717, 1.165) is 54.4 Å². The van der Waals surface area contributed by atoms with Gasteiger partial charge in [-0.1, -0.05) is 56.7 Å². The van der Waals surface area contributed by atoms with Gasteiger partial charge < -0.3 is 5.11 Å². The van der Waals surface area contributed by atoms with Gasteiger partial charge in [0.25, 0.3) is 0 Å². The third-order valence-electron chi connectivity index (χ3n) is 6.60. The molecule has 1 N–H and O–H groups in total. The Bertz CT molecular complexity index is 660. The van der Waals surface area contributed by atoms with Crippen molar-refractivity contribution in [3.63, 3.8) is 0 Å². The van der Waals surface area contributed by atoms with E-state index in [1.165, 1.54) is 0 Å². The molecule has 1 saturated carbocycles. The highest BCUT2D eigenvalue weighted by atomic mass is 16.4. The molecule has 3 nitrogen and oxygen atoms in total. The Labute approximate surface area is 158 Å². The fraction of sp³-hybridized carbons (Fsp3) is 0.652. The molecule has 0 radical (unpaired) electrons. The van der Waals surface area contributed by atoms with Gasteiger partial charge in [0.05, 0.1) is 5.41 Å². The first kappa shape index (κ1) is 20.7. The molecular formula is C23H34O3. The van der Waals surface area contributed by atoms with Gasteiger partial charge in [0.2, 0.25) is 0 Å². The number of aliphatic carboxylic acids is 1. The third-order valence-corrected chi connectivity index (χ3v) is 6.60. The molecule has 1 aromatic rings. The monoisotopic (exact) mass is 358 g/mol. The molecule has 1 aliphatic carbocycles. The van der Waals surface area contributed by atoms with E-state index in [1.54, 1.807) is 0 Å². The Kier molecular flexibility index (Phi) is 6.31. The van der Waals surface area contributed by atoms with Crippen molar-refractivity contribution in [3.8, 4) is 0 Å². The summed E-state index contributed by atoms with van der Waals surface area (Å²) in [5.74, 6) is -0.753. The number of rotatable bonds is 7. The van der Waals surface area contributed by atoms with Gasteiger partial charge >= 0.3 is 5.97 Å². The van der Waals surface area contributed by atoms with Gasteiger partial charge in [-0.15, -0.1) is 0 Å². The molecule has 2 rings (SSSR count). The lowest BCUT2D eigenvalue weighted by atomic mass is 9.53. The Balaban J connectivity index is 2.63. The number of unbranched alkanes of at least 4 members (excludes halogenated alkanes) is 1. The molecule has 0 amide bonds. The zero-order chi connectivity index (χ0) is 19.5. The summed E-state index contributed by atoms with van der Waals surface area (Å²) in [6, 6.07) is 4.09. The van der Waals surface area contributed by atoms with E-state index in [1.807, 2.05) is 39.8 Å². The van der Waals surface area contributed by atoms with Gasteiger partial charge in [-0.3, -0.25) is 9.59 Å². The predicted molar refractivity (Wildman–Crippen MR) is 106 cm³/mol. The Morgan fingerprint density at radius 1 is 1.08 bits per heavy atom. The number of ketones is 1. The van der Waals surface area contributed by atoms with Crippen LogP contribution in [0.2, 0.25) is 0 Å². The van der Waals surface area contributed by atoms with Crippen LogP contribution < -0.4 is 0 Å². The van der Waals surface area contributed by atoms with E-state index in [0.29, 0.717) is 19.3 Å². The van der Waals surface area contributed by atoms with Crippen LogP contribution in [0.4, 0.5) is 0 Å². The first-order valence-electron chi connectivity index (χ1n) is 10.1. The normalized spacial score (nSPS) is 19.0. The lowest BCUT2D eigenvalue weighted by Gasteiger charge is -2.48. The second-order valence-corrected chi connectivity index (χ2v) is 8.49. The van der Waals surface area contributed by atoms with E-state index in [9.17, 15) is 14.7 Å². The van der Waals surface area contributed by atoms with Gasteiger partial charge in [-0.05, 0) is 58.1 Å². The molecule has 0 spiro atoms. The second-order valence-electron chi connectivity index (χ2n) is 8.49. The van der Waals surface area contributed by atoms with Crippen molar-refractivity contribution < 1.29 is 14.7 Å². The van der Waals surface area contributed by atoms with Gasteiger partial charge in [-0.25, -0.2) is 0 Å². The van der Waals surface area contributed by atoms with Crippen LogP contribution in [0.3, 0.4) is 0 Å². The quantitative estimate of drug-likeness (QED) is 0.606. The fourth-order valence-corrected chi connectivity index (χ4v) is 5.04. The standard InChI is InChI=1S/C23H34O3/c1-6-7-11-22(5,21(25)26)23(12-9-8-10-13-23)20(24)19-17(3)14-16(2)15-18(19)4/h14-15H,6-13H2,1-5H3,(H,25,26). The van der Waals surface area contributed by atoms with E-state index < -0.39 is 16.8 Å². The largest absolute Gasteiger partial charge is 0.481 e. The third kappa shape index (κ3) is 3.45. The molecule has 1 fully saturated rings. The van der Waals surface area contributed by atoms with Crippen molar-refractivity contribution in [2.45, 2.75) is 86.0 Å². The second kappa shape index (κ2) is 7.94. The van der Waals surface area contributed by atoms with Crippen LogP contribution in [0, 0.1) is 31.6 Å². The molecule has 1 atom stereocenters. The lowest BCUT2D eigenvalue weighted by Crippen LogP contribution is -2.52. The summed E-state index contributed by atoms with van der Waals surface area (Å²) >= 11 is 0. The topological polar surface area (TPSA) is 54.4 Å². The number of carboxylic acid groups (broad SMARTS) is 1. The smallest absolute Gasteiger partial charge is 0.310 e. The molecule has 0 heterocycles. The number of carbonyl (C=O) groups excluding carboxylic acids is 1. The van der Waals surface area contributed by atoms with Gasteiger partial charge in [0.1, 0.15) is 0 Å². The van der Waals surface area contributed by atoms with Gasteiger partial charge in [0.15, 0.2) is 5.78 Å². The number of benzene rings is 1. The number of hydrogen-bond donors (Lipinski definition) is 1. The van der Waals surface area contributed by atoms with E-state index in [4.69, 9.17) is 0 Å². The first-order valence-corrected chi connectivity index (χ1v) is 10.1. The van der Waals surface area contributed by atoms with Crippen LogP contribution in [0.25, 0.3) is 0 Å². The maximum Gasteiger partial charge on any atom is 0.310 e. The summed E-state index contributed by atoms with van der Waals surface area (Å²) in [6.45, 7) is 9.90. The zero-order valence-corrected chi connectivity index (χ0v) is 17.1. The summed E-state index contributed by atoms with van der Waals surface area (Å²) in [5.41, 5.74) is 2.03. The van der Waals surface area contributed by atoms with Crippen molar-refractivity contribution in [2.75, 3.05) is 0 Å². The highest BCUT2D eigenvalue weighted by Crippen LogP contribution is 2.55. The Morgan fingerprint density at radius 2 is 1.62 bits per heavy atom. The summed E-state index contributed by atoms with van der Waals surface area (Å²) in [4.78, 5) is 26.4. The number of carboxylic acids is 1. The van der Waals surface area contributed by atoms with E-state index >= 15 is 0 Å². The molecule has 1 aromatic carbocycles. The van der Waals surface area contributed by atoms with Crippen molar-refractivity contribution >= 4 is 11.8 Å². The van der Waals surface area contributed by atoms with Crippen molar-refractivity contribution in [2.24, 2.45) is 10.8 Å². The average Bonchev–Trinajstić information content (AvgIpc) is 2.58. The van der Waals surface area contributed by atoms with Gasteiger partial charge in [0, 0.05) is 11.0 Å².